The molecule has 1 fully saturated rings. The van der Waals surface area contributed by atoms with E-state index in [1.165, 1.54) is 14.0 Å². The summed E-state index contributed by atoms with van der Waals surface area (Å²) < 4.78 is 7.15. The third-order valence-corrected chi connectivity index (χ3v) is 5.30. The third kappa shape index (κ3) is 4.85. The van der Waals surface area contributed by atoms with Gasteiger partial charge in [0.2, 0.25) is 11.8 Å². The van der Waals surface area contributed by atoms with Crippen molar-refractivity contribution >= 4 is 29.0 Å². The van der Waals surface area contributed by atoms with Crippen LogP contribution in [-0.2, 0) is 9.59 Å². The molecule has 32 heavy (non-hydrogen) atoms. The molecule has 0 aliphatic carbocycles. The standard InChI is InChI=1S/C22H25N7O3/c1-15(30)24-17-5-6-19(32-2)18(12-17)25-22(31)16-4-3-10-28(13-16)20-7-8-21(27-26-20)29-11-9-23-14-29/h5-9,11-12,14,16H,3-4,10,13H2,1-2H3,(H,24,30)(H,25,31). The molecule has 1 saturated heterocycles. The maximum Gasteiger partial charge on any atom is 0.229 e. The zero-order chi connectivity index (χ0) is 22.5. The van der Waals surface area contributed by atoms with Crippen LogP contribution in [-0.4, -0.2) is 51.8 Å². The lowest BCUT2D eigenvalue weighted by molar-refractivity contribution is -0.120. The number of piperidine rings is 1. The Morgan fingerprint density at radius 1 is 1.12 bits per heavy atom. The largest absolute Gasteiger partial charge is 0.495 e. The number of nitrogens with zero attached hydrogens (tertiary/aromatic N) is 5. The highest BCUT2D eigenvalue weighted by Crippen LogP contribution is 2.30. The van der Waals surface area contributed by atoms with Gasteiger partial charge in [0.05, 0.1) is 18.7 Å². The van der Waals surface area contributed by atoms with Crippen LogP contribution >= 0.6 is 0 Å². The third-order valence-electron chi connectivity index (χ3n) is 5.30. The van der Waals surface area contributed by atoms with Crippen LogP contribution in [0.25, 0.3) is 5.82 Å². The Hall–Kier alpha value is -3.95. The average Bonchev–Trinajstić information content (AvgIpc) is 3.34. The fourth-order valence-corrected chi connectivity index (χ4v) is 3.74. The van der Waals surface area contributed by atoms with Crippen LogP contribution in [0.1, 0.15) is 19.8 Å². The van der Waals surface area contributed by atoms with Crippen molar-refractivity contribution < 1.29 is 14.3 Å². The van der Waals surface area contributed by atoms with Gasteiger partial charge in [0.1, 0.15) is 12.1 Å². The van der Waals surface area contributed by atoms with Gasteiger partial charge >= 0.3 is 0 Å². The Labute approximate surface area is 185 Å². The van der Waals surface area contributed by atoms with Crippen LogP contribution in [0, 0.1) is 5.92 Å². The van der Waals surface area contributed by atoms with E-state index in [9.17, 15) is 9.59 Å². The highest BCUT2D eigenvalue weighted by Gasteiger charge is 2.27. The Balaban J connectivity index is 1.44. The van der Waals surface area contributed by atoms with Crippen LogP contribution in [0.2, 0.25) is 0 Å². The number of aromatic nitrogens is 4. The summed E-state index contributed by atoms with van der Waals surface area (Å²) in [5.74, 6) is 1.45. The van der Waals surface area contributed by atoms with Crippen molar-refractivity contribution in [3.8, 4) is 11.6 Å². The summed E-state index contributed by atoms with van der Waals surface area (Å²) in [4.78, 5) is 30.5. The summed E-state index contributed by atoms with van der Waals surface area (Å²) in [6, 6.07) is 8.92. The summed E-state index contributed by atoms with van der Waals surface area (Å²) >= 11 is 0. The van der Waals surface area contributed by atoms with Crippen molar-refractivity contribution in [3.63, 3.8) is 0 Å². The lowest BCUT2D eigenvalue weighted by atomic mass is 9.97. The molecule has 1 aliphatic heterocycles. The minimum absolute atomic E-state index is 0.101. The number of hydrogen-bond donors (Lipinski definition) is 2. The summed E-state index contributed by atoms with van der Waals surface area (Å²) in [5, 5.41) is 14.3. The number of carbonyl (C=O) groups is 2. The Kier molecular flexibility index (Phi) is 6.29. The first-order valence-corrected chi connectivity index (χ1v) is 10.4. The molecule has 1 unspecified atom stereocenters. The Bertz CT molecular complexity index is 1080. The lowest BCUT2D eigenvalue weighted by Crippen LogP contribution is -2.41. The normalized spacial score (nSPS) is 15.8. The van der Waals surface area contributed by atoms with E-state index in [4.69, 9.17) is 4.74 Å². The van der Waals surface area contributed by atoms with Crippen LogP contribution in [0.3, 0.4) is 0 Å². The first-order valence-electron chi connectivity index (χ1n) is 10.4. The molecule has 2 N–H and O–H groups in total. The summed E-state index contributed by atoms with van der Waals surface area (Å²) in [5.41, 5.74) is 1.11. The molecule has 0 radical (unpaired) electrons. The second-order valence-corrected chi connectivity index (χ2v) is 7.59. The van der Waals surface area contributed by atoms with E-state index in [1.54, 1.807) is 41.5 Å². The van der Waals surface area contributed by atoms with Gasteiger partial charge < -0.3 is 20.3 Å². The zero-order valence-corrected chi connectivity index (χ0v) is 18.0. The van der Waals surface area contributed by atoms with E-state index in [0.717, 1.165) is 25.2 Å². The fourth-order valence-electron chi connectivity index (χ4n) is 3.74. The van der Waals surface area contributed by atoms with Crippen molar-refractivity contribution in [1.29, 1.82) is 0 Å². The van der Waals surface area contributed by atoms with Crippen molar-refractivity contribution in [2.75, 3.05) is 35.7 Å². The molecule has 0 saturated carbocycles. The maximum atomic E-state index is 13.0. The SMILES string of the molecule is COc1ccc(NC(C)=O)cc1NC(=O)C1CCCN(c2ccc(-n3ccnc3)nn2)C1. The van der Waals surface area contributed by atoms with Crippen molar-refractivity contribution in [3.05, 3.63) is 49.1 Å². The molecule has 4 rings (SSSR count). The van der Waals surface area contributed by atoms with E-state index in [-0.39, 0.29) is 17.7 Å². The predicted molar refractivity (Wildman–Crippen MR) is 120 cm³/mol. The average molecular weight is 435 g/mol. The van der Waals surface area contributed by atoms with Gasteiger partial charge in [0.25, 0.3) is 0 Å². The minimum atomic E-state index is -0.215. The van der Waals surface area contributed by atoms with Gasteiger partial charge in [-0.05, 0) is 43.2 Å². The van der Waals surface area contributed by atoms with Gasteiger partial charge in [-0.25, -0.2) is 4.98 Å². The second-order valence-electron chi connectivity index (χ2n) is 7.59. The molecule has 1 atom stereocenters. The van der Waals surface area contributed by atoms with Gasteiger partial charge in [0, 0.05) is 38.1 Å². The molecule has 2 aromatic heterocycles. The number of ether oxygens (including phenoxy) is 1. The summed E-state index contributed by atoms with van der Waals surface area (Å²) in [6.45, 7) is 2.78. The van der Waals surface area contributed by atoms with Gasteiger partial charge in [0.15, 0.2) is 11.6 Å². The predicted octanol–water partition coefficient (Wildman–Crippen LogP) is 2.48. The quantitative estimate of drug-likeness (QED) is 0.611. The van der Waals surface area contributed by atoms with Crippen LogP contribution < -0.4 is 20.3 Å². The van der Waals surface area contributed by atoms with E-state index in [2.05, 4.69) is 30.7 Å². The molecule has 1 aromatic carbocycles. The highest BCUT2D eigenvalue weighted by atomic mass is 16.5. The Morgan fingerprint density at radius 2 is 1.94 bits per heavy atom. The number of hydrogen-bond acceptors (Lipinski definition) is 7. The molecule has 166 valence electrons. The molecule has 1 aliphatic rings. The Morgan fingerprint density at radius 3 is 2.62 bits per heavy atom. The van der Waals surface area contributed by atoms with Crippen molar-refractivity contribution in [2.45, 2.75) is 19.8 Å². The highest BCUT2D eigenvalue weighted by molar-refractivity contribution is 5.96. The number of carbonyl (C=O) groups excluding carboxylic acids is 2. The van der Waals surface area contributed by atoms with Gasteiger partial charge in [-0.3, -0.25) is 14.2 Å². The van der Waals surface area contributed by atoms with Crippen LogP contribution in [0.15, 0.2) is 49.1 Å². The van der Waals surface area contributed by atoms with Gasteiger partial charge in [-0.2, -0.15) is 0 Å². The second kappa shape index (κ2) is 9.46. The lowest BCUT2D eigenvalue weighted by Gasteiger charge is -2.32. The van der Waals surface area contributed by atoms with Gasteiger partial charge in [-0.1, -0.05) is 0 Å². The topological polar surface area (TPSA) is 114 Å². The van der Waals surface area contributed by atoms with E-state index >= 15 is 0 Å². The van der Waals surface area contributed by atoms with E-state index in [1.807, 2.05) is 12.1 Å². The first kappa shape index (κ1) is 21.3. The zero-order valence-electron chi connectivity index (χ0n) is 18.0. The number of nitrogens with one attached hydrogen (secondary N) is 2. The maximum absolute atomic E-state index is 13.0. The molecular formula is C22H25N7O3. The van der Waals surface area contributed by atoms with Crippen LogP contribution in [0.4, 0.5) is 17.2 Å². The van der Waals surface area contributed by atoms with Crippen molar-refractivity contribution in [1.82, 2.24) is 19.7 Å². The fraction of sp³-hybridized carbons (Fsp3) is 0.318. The van der Waals surface area contributed by atoms with Crippen LogP contribution in [0.5, 0.6) is 5.75 Å². The number of methoxy groups -OCH3 is 1. The van der Waals surface area contributed by atoms with Crippen molar-refractivity contribution in [2.24, 2.45) is 5.92 Å². The molecule has 2 amide bonds. The first-order chi connectivity index (χ1) is 15.5. The molecule has 3 heterocycles. The molecule has 3 aromatic rings. The smallest absolute Gasteiger partial charge is 0.229 e. The molecular weight excluding hydrogens is 410 g/mol. The number of benzene rings is 1. The number of imidazole rings is 1. The van der Waals surface area contributed by atoms with E-state index < -0.39 is 0 Å². The molecule has 0 spiro atoms. The molecule has 10 nitrogen and oxygen atoms in total. The number of amides is 2. The summed E-state index contributed by atoms with van der Waals surface area (Å²) in [6.07, 6.45) is 6.80. The number of anilines is 3. The minimum Gasteiger partial charge on any atom is -0.495 e. The molecule has 0 bridgehead atoms. The summed E-state index contributed by atoms with van der Waals surface area (Å²) in [7, 11) is 1.54. The molecule has 10 heteroatoms. The van der Waals surface area contributed by atoms with E-state index in [0.29, 0.717) is 29.5 Å². The van der Waals surface area contributed by atoms with Gasteiger partial charge in [-0.15, -0.1) is 10.2 Å². The number of rotatable bonds is 6. The monoisotopic (exact) mass is 435 g/mol.